The van der Waals surface area contributed by atoms with Crippen LogP contribution in [-0.2, 0) is 0 Å². The Morgan fingerprint density at radius 1 is 1.59 bits per heavy atom. The second-order valence-corrected chi connectivity index (χ2v) is 6.28. The molecule has 2 heterocycles. The first-order valence-electron chi connectivity index (χ1n) is 5.97. The van der Waals surface area contributed by atoms with Gasteiger partial charge >= 0.3 is 110 Å². The summed E-state index contributed by atoms with van der Waals surface area (Å²) in [5.41, 5.74) is 1.15. The van der Waals surface area contributed by atoms with E-state index in [1.807, 2.05) is 29.1 Å². The molecule has 1 unspecified atom stereocenters. The first-order chi connectivity index (χ1) is 8.29. The molecule has 0 spiro atoms. The monoisotopic (exact) mass is 298 g/mol. The van der Waals surface area contributed by atoms with Gasteiger partial charge < -0.3 is 0 Å². The fourth-order valence-corrected chi connectivity index (χ4v) is 2.78. The van der Waals surface area contributed by atoms with Gasteiger partial charge in [0.1, 0.15) is 0 Å². The predicted octanol–water partition coefficient (Wildman–Crippen LogP) is -0.0974. The molecular weight excluding hydrogens is 279 g/mol. The molecule has 1 aromatic rings. The SMILES string of the molecule is OCCCNc1cc(N2CC[C@H]([AsH2])C2)cnn1. The number of nitrogens with zero attached hydrogens (tertiary/aromatic N) is 3. The molecule has 0 saturated carbocycles. The Bertz CT molecular complexity index is 363. The van der Waals surface area contributed by atoms with Gasteiger partial charge in [-0.2, -0.15) is 0 Å². The van der Waals surface area contributed by atoms with E-state index in [1.165, 1.54) is 6.42 Å². The van der Waals surface area contributed by atoms with E-state index in [9.17, 15) is 0 Å². The first-order valence-corrected chi connectivity index (χ1v) is 7.37. The molecule has 0 bridgehead atoms. The van der Waals surface area contributed by atoms with Crippen LogP contribution < -0.4 is 10.2 Å². The van der Waals surface area contributed by atoms with Crippen molar-refractivity contribution in [2.24, 2.45) is 0 Å². The van der Waals surface area contributed by atoms with Crippen LogP contribution in [0.25, 0.3) is 0 Å². The summed E-state index contributed by atoms with van der Waals surface area (Å²) in [4.78, 5) is 2.36. The molecule has 6 heteroatoms. The zero-order valence-electron chi connectivity index (χ0n) is 9.84. The van der Waals surface area contributed by atoms with Crippen LogP contribution >= 0.6 is 0 Å². The van der Waals surface area contributed by atoms with E-state index in [2.05, 4.69) is 20.4 Å². The Hall–Kier alpha value is -0.802. The molecule has 2 N–H and O–H groups in total. The Morgan fingerprint density at radius 2 is 2.47 bits per heavy atom. The van der Waals surface area contributed by atoms with Crippen LogP contribution in [0.2, 0.25) is 4.71 Å². The molecule has 5 nitrogen and oxygen atoms in total. The van der Waals surface area contributed by atoms with Crippen LogP contribution in [0.3, 0.4) is 0 Å². The third kappa shape index (κ3) is 3.58. The molecule has 1 saturated heterocycles. The summed E-state index contributed by atoms with van der Waals surface area (Å²) in [6.45, 7) is 3.17. The van der Waals surface area contributed by atoms with E-state index >= 15 is 0 Å². The summed E-state index contributed by atoms with van der Waals surface area (Å²) in [6, 6.07) is 2.04. The van der Waals surface area contributed by atoms with Crippen LogP contribution in [0, 0.1) is 0 Å². The van der Waals surface area contributed by atoms with Crippen LogP contribution in [0.15, 0.2) is 12.3 Å². The van der Waals surface area contributed by atoms with Gasteiger partial charge in [0.05, 0.1) is 0 Å². The third-order valence-corrected chi connectivity index (χ3v) is 4.01. The number of aliphatic hydroxyl groups excluding tert-OH is 1. The van der Waals surface area contributed by atoms with Gasteiger partial charge in [0.25, 0.3) is 0 Å². The standard InChI is InChI=1S/C11H19AsN4O/c12-9-2-4-16(8-9)10-6-11(15-14-7-10)13-3-1-5-17/h6-7,9,17H,1-5,8,12H2,(H,13,15)/t9-/m0/s1. The molecule has 1 aromatic heterocycles. The van der Waals surface area contributed by atoms with Gasteiger partial charge in [-0.3, -0.25) is 0 Å². The second kappa shape index (κ2) is 6.22. The van der Waals surface area contributed by atoms with Crippen LogP contribution in [0.5, 0.6) is 0 Å². The van der Waals surface area contributed by atoms with Gasteiger partial charge in [-0.05, 0) is 0 Å². The minimum absolute atomic E-state index is 0.200. The summed E-state index contributed by atoms with van der Waals surface area (Å²) < 4.78 is 0.821. The average Bonchev–Trinajstić information content (AvgIpc) is 2.77. The van der Waals surface area contributed by atoms with E-state index in [0.717, 1.165) is 42.3 Å². The second-order valence-electron chi connectivity index (χ2n) is 4.30. The van der Waals surface area contributed by atoms with Gasteiger partial charge in [0.2, 0.25) is 0 Å². The van der Waals surface area contributed by atoms with E-state index in [0.29, 0.717) is 0 Å². The van der Waals surface area contributed by atoms with Crippen molar-refractivity contribution in [2.45, 2.75) is 17.5 Å². The van der Waals surface area contributed by atoms with E-state index in [1.54, 1.807) is 0 Å². The van der Waals surface area contributed by atoms with Crippen molar-refractivity contribution >= 4 is 28.4 Å². The predicted molar refractivity (Wildman–Crippen MR) is 71.3 cm³/mol. The molecule has 1 fully saturated rings. The number of rotatable bonds is 5. The molecule has 2 rings (SSSR count). The van der Waals surface area contributed by atoms with Crippen molar-refractivity contribution in [3.8, 4) is 0 Å². The number of aromatic nitrogens is 2. The summed E-state index contributed by atoms with van der Waals surface area (Å²) in [5, 5.41) is 19.9. The fraction of sp³-hybridized carbons (Fsp3) is 0.636. The summed E-state index contributed by atoms with van der Waals surface area (Å²) >= 11 is 1.82. The van der Waals surface area contributed by atoms with Gasteiger partial charge in [-0.25, -0.2) is 0 Å². The van der Waals surface area contributed by atoms with Gasteiger partial charge in [0, 0.05) is 0 Å². The van der Waals surface area contributed by atoms with Crippen LogP contribution in [0.1, 0.15) is 12.8 Å². The average molecular weight is 298 g/mol. The molecule has 0 aliphatic carbocycles. The summed E-state index contributed by atoms with van der Waals surface area (Å²) in [6.07, 6.45) is 3.83. The van der Waals surface area contributed by atoms with Gasteiger partial charge in [-0.1, -0.05) is 0 Å². The van der Waals surface area contributed by atoms with Gasteiger partial charge in [-0.15, -0.1) is 0 Å². The van der Waals surface area contributed by atoms with Crippen molar-refractivity contribution in [3.05, 3.63) is 12.3 Å². The van der Waals surface area contributed by atoms with E-state index < -0.39 is 0 Å². The van der Waals surface area contributed by atoms with E-state index in [4.69, 9.17) is 5.11 Å². The third-order valence-electron chi connectivity index (χ3n) is 2.87. The topological polar surface area (TPSA) is 61.3 Å². The number of hydrogen-bond acceptors (Lipinski definition) is 5. The Kier molecular flexibility index (Phi) is 4.63. The normalized spacial score (nSPS) is 19.6. The zero-order valence-corrected chi connectivity index (χ0v) is 12.3. The Labute approximate surface area is 110 Å². The van der Waals surface area contributed by atoms with Crippen molar-refractivity contribution in [1.82, 2.24) is 10.2 Å². The molecule has 2 atom stereocenters. The Morgan fingerprint density at radius 3 is 3.18 bits per heavy atom. The van der Waals surface area contributed by atoms with Crippen molar-refractivity contribution in [3.63, 3.8) is 0 Å². The quantitative estimate of drug-likeness (QED) is 0.587. The Balaban J connectivity index is 1.96. The molecule has 17 heavy (non-hydrogen) atoms. The van der Waals surface area contributed by atoms with Crippen molar-refractivity contribution in [1.29, 1.82) is 0 Å². The summed E-state index contributed by atoms with van der Waals surface area (Å²) in [5.74, 6) is 0.793. The van der Waals surface area contributed by atoms with E-state index in [-0.39, 0.29) is 6.61 Å². The molecule has 0 amide bonds. The van der Waals surface area contributed by atoms with Crippen LogP contribution in [-0.4, -0.2) is 58.4 Å². The molecule has 94 valence electrons. The maximum absolute atomic E-state index is 8.72. The van der Waals surface area contributed by atoms with Crippen molar-refractivity contribution in [2.75, 3.05) is 36.5 Å². The molecule has 0 radical (unpaired) electrons. The molecular formula is C11H19AsN4O. The number of nitrogens with one attached hydrogen (secondary N) is 1. The maximum atomic E-state index is 8.72. The first kappa shape index (κ1) is 12.7. The summed E-state index contributed by atoms with van der Waals surface area (Å²) in [7, 11) is 0. The number of aliphatic hydroxyl groups is 1. The fourth-order valence-electron chi connectivity index (χ4n) is 1.93. The number of anilines is 2. The number of hydrogen-bond donors (Lipinski definition) is 2. The van der Waals surface area contributed by atoms with Crippen LogP contribution in [0.4, 0.5) is 11.5 Å². The molecule has 1 aliphatic heterocycles. The molecule has 0 aromatic carbocycles. The van der Waals surface area contributed by atoms with Gasteiger partial charge in [0.15, 0.2) is 0 Å². The minimum atomic E-state index is 0.200. The zero-order chi connectivity index (χ0) is 12.1. The van der Waals surface area contributed by atoms with Crippen molar-refractivity contribution < 1.29 is 5.11 Å². The molecule has 1 aliphatic rings.